The van der Waals surface area contributed by atoms with Crippen LogP contribution >= 0.6 is 0 Å². The maximum absolute atomic E-state index is 11.5. The van der Waals surface area contributed by atoms with Crippen LogP contribution in [0.3, 0.4) is 0 Å². The van der Waals surface area contributed by atoms with Crippen molar-refractivity contribution in [1.82, 2.24) is 15.0 Å². The van der Waals surface area contributed by atoms with Gasteiger partial charge < -0.3 is 15.0 Å². The second-order valence-electron chi connectivity index (χ2n) is 5.60. The number of hydrogen-bond donors (Lipinski definition) is 1. The molecular weight excluding hydrogens is 260 g/mol. The largest absolute Gasteiger partial charge is 0.375 e. The Kier molecular flexibility index (Phi) is 4.72. The molecule has 112 valence electrons. The van der Waals surface area contributed by atoms with E-state index in [1.807, 2.05) is 11.8 Å². The molecule has 2 atom stereocenters. The highest BCUT2D eigenvalue weighted by atomic mass is 16.5. The quantitative estimate of drug-likeness (QED) is 0.837. The monoisotopic (exact) mass is 282 g/mol. The molecule has 20 heavy (non-hydrogen) atoms. The number of carbonyl (C=O) groups is 1. The molecule has 0 aromatic carbocycles. The summed E-state index contributed by atoms with van der Waals surface area (Å²) < 4.78 is 10.7. The van der Waals surface area contributed by atoms with E-state index in [1.54, 1.807) is 0 Å². The minimum atomic E-state index is -0.454. The lowest BCUT2D eigenvalue weighted by Crippen LogP contribution is -2.56. The van der Waals surface area contributed by atoms with E-state index in [4.69, 9.17) is 15.0 Å². The van der Waals surface area contributed by atoms with Gasteiger partial charge in [-0.1, -0.05) is 19.0 Å². The van der Waals surface area contributed by atoms with Gasteiger partial charge in [0, 0.05) is 13.0 Å². The summed E-state index contributed by atoms with van der Waals surface area (Å²) in [6, 6.07) is -0.454. The highest BCUT2D eigenvalue weighted by molar-refractivity contribution is 5.80. The molecule has 1 saturated heterocycles. The zero-order valence-electron chi connectivity index (χ0n) is 12.2. The third kappa shape index (κ3) is 3.55. The Morgan fingerprint density at radius 2 is 2.30 bits per heavy atom. The van der Waals surface area contributed by atoms with Gasteiger partial charge in [-0.3, -0.25) is 9.69 Å². The van der Waals surface area contributed by atoms with Crippen LogP contribution in [0, 0.1) is 5.92 Å². The van der Waals surface area contributed by atoms with Crippen molar-refractivity contribution in [3.8, 4) is 0 Å². The molecule has 7 nitrogen and oxygen atoms in total. The van der Waals surface area contributed by atoms with E-state index < -0.39 is 6.04 Å². The normalized spacial score (nSPS) is 24.2. The molecule has 1 aliphatic heterocycles. The van der Waals surface area contributed by atoms with E-state index >= 15 is 0 Å². The average molecular weight is 282 g/mol. The van der Waals surface area contributed by atoms with Gasteiger partial charge in [0.15, 0.2) is 5.82 Å². The van der Waals surface area contributed by atoms with E-state index in [1.165, 1.54) is 0 Å². The maximum atomic E-state index is 11.5. The number of hydrogen-bond acceptors (Lipinski definition) is 6. The van der Waals surface area contributed by atoms with Crippen LogP contribution in [0.2, 0.25) is 0 Å². The molecular formula is C13H22N4O3. The molecule has 0 spiro atoms. The van der Waals surface area contributed by atoms with Crippen LogP contribution in [0.25, 0.3) is 0 Å². The summed E-state index contributed by atoms with van der Waals surface area (Å²) in [5.41, 5.74) is 5.45. The molecule has 2 N–H and O–H groups in total. The Morgan fingerprint density at radius 1 is 1.55 bits per heavy atom. The van der Waals surface area contributed by atoms with E-state index in [9.17, 15) is 4.79 Å². The SMILES string of the molecule is CC(C)Cc1noc(CN2CCO[C@H](C)[C@H]2C(N)=O)n1. The maximum Gasteiger partial charge on any atom is 0.240 e. The Bertz CT molecular complexity index is 460. The Hall–Kier alpha value is -1.47. The summed E-state index contributed by atoms with van der Waals surface area (Å²) in [6.07, 6.45) is 0.557. The molecule has 0 bridgehead atoms. The number of morpholine rings is 1. The zero-order valence-corrected chi connectivity index (χ0v) is 12.2. The first kappa shape index (κ1) is 14.9. The second kappa shape index (κ2) is 6.32. The van der Waals surface area contributed by atoms with Gasteiger partial charge in [-0.15, -0.1) is 0 Å². The fraction of sp³-hybridized carbons (Fsp3) is 0.769. The van der Waals surface area contributed by atoms with Crippen LogP contribution in [0.4, 0.5) is 0 Å². The summed E-state index contributed by atoms with van der Waals surface area (Å²) in [7, 11) is 0. The van der Waals surface area contributed by atoms with Crippen molar-refractivity contribution >= 4 is 5.91 Å². The van der Waals surface area contributed by atoms with Crippen molar-refractivity contribution in [3.63, 3.8) is 0 Å². The fourth-order valence-electron chi connectivity index (χ4n) is 2.45. The molecule has 2 rings (SSSR count). The second-order valence-corrected chi connectivity index (χ2v) is 5.60. The highest BCUT2D eigenvalue weighted by Gasteiger charge is 2.34. The van der Waals surface area contributed by atoms with Crippen LogP contribution in [0.15, 0.2) is 4.52 Å². The molecule has 7 heteroatoms. The molecule has 2 heterocycles. The van der Waals surface area contributed by atoms with Gasteiger partial charge in [0.1, 0.15) is 6.04 Å². The smallest absolute Gasteiger partial charge is 0.240 e. The van der Waals surface area contributed by atoms with Crippen LogP contribution in [-0.2, 0) is 22.5 Å². The van der Waals surface area contributed by atoms with Gasteiger partial charge in [0.2, 0.25) is 11.8 Å². The van der Waals surface area contributed by atoms with Crippen molar-refractivity contribution < 1.29 is 14.1 Å². The number of ether oxygens (including phenoxy) is 1. The molecule has 0 saturated carbocycles. The van der Waals surface area contributed by atoms with Gasteiger partial charge in [-0.2, -0.15) is 4.98 Å². The van der Waals surface area contributed by atoms with E-state index in [0.717, 1.165) is 6.42 Å². The predicted octanol–water partition coefficient (Wildman–Crippen LogP) is 0.343. The summed E-state index contributed by atoms with van der Waals surface area (Å²) in [5, 5.41) is 3.95. The van der Waals surface area contributed by atoms with Crippen LogP contribution < -0.4 is 5.73 Å². The van der Waals surface area contributed by atoms with Gasteiger partial charge >= 0.3 is 0 Å². The lowest BCUT2D eigenvalue weighted by Gasteiger charge is -2.36. The van der Waals surface area contributed by atoms with Gasteiger partial charge in [0.25, 0.3) is 0 Å². The molecule has 0 unspecified atom stereocenters. The van der Waals surface area contributed by atoms with Gasteiger partial charge in [-0.05, 0) is 12.8 Å². The third-order valence-corrected chi connectivity index (χ3v) is 3.33. The Morgan fingerprint density at radius 3 is 2.95 bits per heavy atom. The first-order valence-electron chi connectivity index (χ1n) is 6.93. The summed E-state index contributed by atoms with van der Waals surface area (Å²) in [4.78, 5) is 17.8. The predicted molar refractivity (Wildman–Crippen MR) is 71.6 cm³/mol. The summed E-state index contributed by atoms with van der Waals surface area (Å²) in [5.74, 6) is 1.30. The van der Waals surface area contributed by atoms with Crippen molar-refractivity contribution in [1.29, 1.82) is 0 Å². The van der Waals surface area contributed by atoms with Crippen LogP contribution in [0.5, 0.6) is 0 Å². The minimum Gasteiger partial charge on any atom is -0.375 e. The number of primary amides is 1. The highest BCUT2D eigenvalue weighted by Crippen LogP contribution is 2.17. The van der Waals surface area contributed by atoms with Crippen molar-refractivity contribution in [2.45, 2.75) is 45.9 Å². The number of rotatable bonds is 5. The first-order valence-corrected chi connectivity index (χ1v) is 6.93. The van der Waals surface area contributed by atoms with Gasteiger partial charge in [-0.25, -0.2) is 0 Å². The number of nitrogens with zero attached hydrogens (tertiary/aromatic N) is 3. The van der Waals surface area contributed by atoms with Crippen LogP contribution in [-0.4, -0.2) is 46.2 Å². The third-order valence-electron chi connectivity index (χ3n) is 3.33. The minimum absolute atomic E-state index is 0.223. The van der Waals surface area contributed by atoms with Crippen LogP contribution in [0.1, 0.15) is 32.5 Å². The number of aromatic nitrogens is 2. The van der Waals surface area contributed by atoms with Crippen molar-refractivity contribution in [2.24, 2.45) is 11.7 Å². The first-order chi connectivity index (χ1) is 9.47. The fourth-order valence-corrected chi connectivity index (χ4v) is 2.45. The Labute approximate surface area is 118 Å². The zero-order chi connectivity index (χ0) is 14.7. The summed E-state index contributed by atoms with van der Waals surface area (Å²) >= 11 is 0. The van der Waals surface area contributed by atoms with Crippen molar-refractivity contribution in [2.75, 3.05) is 13.2 Å². The van der Waals surface area contributed by atoms with E-state index in [-0.39, 0.29) is 12.0 Å². The lowest BCUT2D eigenvalue weighted by molar-refractivity contribution is -0.136. The topological polar surface area (TPSA) is 94.5 Å². The molecule has 1 fully saturated rings. The molecule has 1 aromatic rings. The molecule has 0 radical (unpaired) electrons. The van der Waals surface area contributed by atoms with E-state index in [0.29, 0.717) is 37.3 Å². The summed E-state index contributed by atoms with van der Waals surface area (Å²) in [6.45, 7) is 7.66. The Balaban J connectivity index is 2.03. The molecule has 1 amide bonds. The molecule has 1 aliphatic rings. The molecule has 1 aromatic heterocycles. The average Bonchev–Trinajstić information content (AvgIpc) is 2.75. The number of nitrogens with two attached hydrogens (primary N) is 1. The van der Waals surface area contributed by atoms with E-state index in [2.05, 4.69) is 24.0 Å². The lowest BCUT2D eigenvalue weighted by atomic mass is 10.1. The standard InChI is InChI=1S/C13H22N4O3/c1-8(2)6-10-15-11(20-16-10)7-17-4-5-19-9(3)12(17)13(14)18/h8-9,12H,4-7H2,1-3H3,(H2,14,18)/t9-,12+/m1/s1. The molecule has 0 aliphatic carbocycles. The van der Waals surface area contributed by atoms with Gasteiger partial charge in [0.05, 0.1) is 19.3 Å². The van der Waals surface area contributed by atoms with Crippen molar-refractivity contribution in [3.05, 3.63) is 11.7 Å². The number of amides is 1. The number of carbonyl (C=O) groups excluding carboxylic acids is 1.